The largest absolute Gasteiger partial charge is 0.255 e. The first-order valence-electron chi connectivity index (χ1n) is 13.6. The summed E-state index contributed by atoms with van der Waals surface area (Å²) in [5, 5.41) is 6.90. The molecule has 0 fully saturated rings. The zero-order chi connectivity index (χ0) is 27.9. The number of aromatic nitrogens is 7. The predicted octanol–water partition coefficient (Wildman–Crippen LogP) is 7.58. The fraction of sp³-hybridized carbons (Fsp3) is 0. The highest BCUT2D eigenvalue weighted by Gasteiger charge is 2.14. The molecule has 0 N–H and O–H groups in total. The molecule has 0 saturated carbocycles. The molecule has 0 aliphatic heterocycles. The number of fused-ring (bicyclic) bond motifs is 6. The Balaban J connectivity index is 1.28. The Morgan fingerprint density at radius 1 is 0.333 bits per heavy atom. The van der Waals surface area contributed by atoms with E-state index < -0.39 is 0 Å². The molecule has 7 nitrogen and oxygen atoms in total. The van der Waals surface area contributed by atoms with Crippen LogP contribution in [0.3, 0.4) is 0 Å². The van der Waals surface area contributed by atoms with E-state index in [-0.39, 0.29) is 0 Å². The van der Waals surface area contributed by atoms with Crippen molar-refractivity contribution in [1.29, 1.82) is 0 Å². The van der Waals surface area contributed by atoms with Gasteiger partial charge in [-0.1, -0.05) is 60.7 Å². The third-order valence-corrected chi connectivity index (χ3v) is 7.40. The zero-order valence-corrected chi connectivity index (χ0v) is 22.3. The summed E-state index contributed by atoms with van der Waals surface area (Å²) < 4.78 is 0. The van der Waals surface area contributed by atoms with Crippen molar-refractivity contribution in [2.24, 2.45) is 0 Å². The minimum Gasteiger partial charge on any atom is -0.255 e. The van der Waals surface area contributed by atoms with E-state index in [1.165, 1.54) is 0 Å². The minimum absolute atomic E-state index is 0.547. The Hall–Kier alpha value is -5.95. The van der Waals surface area contributed by atoms with Crippen LogP contribution in [0.15, 0.2) is 128 Å². The SMILES string of the molecule is c1ccc(-c2ccnc(-c3ccc4c5ccc(-c6ncnc(-c7ccccn7)n6)cc5c5ccccc5c4c3)n2)nc1. The van der Waals surface area contributed by atoms with Gasteiger partial charge in [-0.3, -0.25) is 9.97 Å². The average molecular weight is 540 g/mol. The first-order valence-corrected chi connectivity index (χ1v) is 13.6. The molecule has 0 spiro atoms. The zero-order valence-electron chi connectivity index (χ0n) is 22.3. The van der Waals surface area contributed by atoms with Crippen molar-refractivity contribution in [3.05, 3.63) is 128 Å². The van der Waals surface area contributed by atoms with Gasteiger partial charge in [-0.05, 0) is 74.8 Å². The second kappa shape index (κ2) is 9.91. The van der Waals surface area contributed by atoms with Gasteiger partial charge in [-0.25, -0.2) is 24.9 Å². The third kappa shape index (κ3) is 4.12. The first-order chi connectivity index (χ1) is 20.8. The standard InChI is InChI=1S/C35H21N7/c1-2-8-25-24(7-1)28-19-22(33-38-18-15-31(41-33)30-9-3-5-16-36-30)11-13-26(28)27-14-12-23(20-29(25)27)34-39-21-40-35(42-34)32-10-4-6-17-37-32/h1-21H. The molecular weight excluding hydrogens is 518 g/mol. The monoisotopic (exact) mass is 539 g/mol. The number of pyridine rings is 2. The van der Waals surface area contributed by atoms with Gasteiger partial charge >= 0.3 is 0 Å². The molecule has 0 atom stereocenters. The topological polar surface area (TPSA) is 90.2 Å². The molecule has 0 bridgehead atoms. The van der Waals surface area contributed by atoms with Crippen molar-refractivity contribution in [2.75, 3.05) is 0 Å². The van der Waals surface area contributed by atoms with Crippen molar-refractivity contribution in [3.63, 3.8) is 0 Å². The van der Waals surface area contributed by atoms with Crippen molar-refractivity contribution >= 4 is 32.3 Å². The van der Waals surface area contributed by atoms with Crippen LogP contribution in [0.4, 0.5) is 0 Å². The van der Waals surface area contributed by atoms with E-state index in [9.17, 15) is 0 Å². The molecule has 8 rings (SSSR count). The first kappa shape index (κ1) is 23.9. The van der Waals surface area contributed by atoms with Gasteiger partial charge in [0.1, 0.15) is 12.0 Å². The van der Waals surface area contributed by atoms with Gasteiger partial charge < -0.3 is 0 Å². The molecule has 0 aliphatic carbocycles. The number of benzene rings is 4. The van der Waals surface area contributed by atoms with Gasteiger partial charge in [0.2, 0.25) is 0 Å². The van der Waals surface area contributed by atoms with Crippen LogP contribution in [0.5, 0.6) is 0 Å². The smallest absolute Gasteiger partial charge is 0.181 e. The second-order valence-electron chi connectivity index (χ2n) is 9.89. The number of hydrogen-bond acceptors (Lipinski definition) is 7. The van der Waals surface area contributed by atoms with E-state index in [0.717, 1.165) is 54.8 Å². The lowest BCUT2D eigenvalue weighted by molar-refractivity contribution is 1.05. The van der Waals surface area contributed by atoms with Crippen molar-refractivity contribution in [2.45, 2.75) is 0 Å². The summed E-state index contributed by atoms with van der Waals surface area (Å²) in [6.07, 6.45) is 6.84. The van der Waals surface area contributed by atoms with Gasteiger partial charge in [0.15, 0.2) is 17.5 Å². The van der Waals surface area contributed by atoms with Crippen LogP contribution in [0, 0.1) is 0 Å². The third-order valence-electron chi connectivity index (χ3n) is 7.40. The Kier molecular flexibility index (Phi) is 5.64. The Morgan fingerprint density at radius 2 is 0.905 bits per heavy atom. The maximum atomic E-state index is 4.84. The fourth-order valence-electron chi connectivity index (χ4n) is 5.44. The van der Waals surface area contributed by atoms with Crippen LogP contribution in [0.25, 0.3) is 78.0 Å². The maximum absolute atomic E-state index is 4.84. The van der Waals surface area contributed by atoms with Gasteiger partial charge in [-0.2, -0.15) is 0 Å². The predicted molar refractivity (Wildman–Crippen MR) is 165 cm³/mol. The highest BCUT2D eigenvalue weighted by molar-refractivity contribution is 6.26. The summed E-state index contributed by atoms with van der Waals surface area (Å²) in [5.41, 5.74) is 4.20. The van der Waals surface area contributed by atoms with Crippen LogP contribution in [0.2, 0.25) is 0 Å². The molecule has 0 saturated heterocycles. The maximum Gasteiger partial charge on any atom is 0.181 e. The Morgan fingerprint density at radius 3 is 1.55 bits per heavy atom. The summed E-state index contributed by atoms with van der Waals surface area (Å²) in [6, 6.07) is 34.7. The van der Waals surface area contributed by atoms with Gasteiger partial charge in [0.05, 0.1) is 11.4 Å². The number of nitrogens with zero attached hydrogens (tertiary/aromatic N) is 7. The lowest BCUT2D eigenvalue weighted by atomic mass is 9.92. The number of hydrogen-bond donors (Lipinski definition) is 0. The average Bonchev–Trinajstić information content (AvgIpc) is 3.09. The molecule has 4 aromatic carbocycles. The van der Waals surface area contributed by atoms with Crippen LogP contribution >= 0.6 is 0 Å². The van der Waals surface area contributed by atoms with E-state index in [1.807, 2.05) is 42.5 Å². The van der Waals surface area contributed by atoms with E-state index in [0.29, 0.717) is 23.2 Å². The summed E-state index contributed by atoms with van der Waals surface area (Å²) >= 11 is 0. The molecular formula is C35H21N7. The Bertz CT molecular complexity index is 2070. The molecule has 0 unspecified atom stereocenters. The van der Waals surface area contributed by atoms with Gasteiger partial charge in [0, 0.05) is 29.7 Å². The molecule has 7 heteroatoms. The van der Waals surface area contributed by atoms with Crippen LogP contribution in [-0.2, 0) is 0 Å². The van der Waals surface area contributed by atoms with Crippen LogP contribution in [-0.4, -0.2) is 34.9 Å². The molecule has 4 aromatic heterocycles. The van der Waals surface area contributed by atoms with E-state index in [2.05, 4.69) is 85.6 Å². The summed E-state index contributed by atoms with van der Waals surface area (Å²) in [7, 11) is 0. The van der Waals surface area contributed by atoms with E-state index in [4.69, 9.17) is 9.97 Å². The highest BCUT2D eigenvalue weighted by atomic mass is 15.0. The summed E-state index contributed by atoms with van der Waals surface area (Å²) in [4.78, 5) is 31.9. The summed E-state index contributed by atoms with van der Waals surface area (Å²) in [6.45, 7) is 0. The molecule has 196 valence electrons. The molecule has 0 radical (unpaired) electrons. The van der Waals surface area contributed by atoms with Crippen molar-refractivity contribution < 1.29 is 0 Å². The number of rotatable bonds is 4. The van der Waals surface area contributed by atoms with Crippen molar-refractivity contribution in [1.82, 2.24) is 34.9 Å². The molecule has 4 heterocycles. The van der Waals surface area contributed by atoms with Crippen LogP contribution in [0.1, 0.15) is 0 Å². The quantitative estimate of drug-likeness (QED) is 0.213. The van der Waals surface area contributed by atoms with Crippen LogP contribution < -0.4 is 0 Å². The van der Waals surface area contributed by atoms with Gasteiger partial charge in [-0.15, -0.1) is 0 Å². The Labute approximate surface area is 240 Å². The fourth-order valence-corrected chi connectivity index (χ4v) is 5.44. The lowest BCUT2D eigenvalue weighted by Gasteiger charge is -2.13. The minimum atomic E-state index is 0.547. The van der Waals surface area contributed by atoms with E-state index >= 15 is 0 Å². The molecule has 8 aromatic rings. The normalized spacial score (nSPS) is 11.3. The highest BCUT2D eigenvalue weighted by Crippen LogP contribution is 2.38. The summed E-state index contributed by atoms with van der Waals surface area (Å²) in [5.74, 6) is 1.82. The molecule has 42 heavy (non-hydrogen) atoms. The molecule has 0 amide bonds. The van der Waals surface area contributed by atoms with Gasteiger partial charge in [0.25, 0.3) is 0 Å². The lowest BCUT2D eigenvalue weighted by Crippen LogP contribution is -1.96. The second-order valence-corrected chi connectivity index (χ2v) is 9.89. The molecule has 0 aliphatic rings. The van der Waals surface area contributed by atoms with Crippen molar-refractivity contribution in [3.8, 4) is 45.7 Å². The van der Waals surface area contributed by atoms with E-state index in [1.54, 1.807) is 24.9 Å².